The van der Waals surface area contributed by atoms with Crippen LogP contribution < -0.4 is 0 Å². The molecule has 1 aromatic heterocycles. The minimum Gasteiger partial charge on any atom is -0.462 e. The number of ether oxygens (including phenoxy) is 1. The Morgan fingerprint density at radius 3 is 2.83 bits per heavy atom. The van der Waals surface area contributed by atoms with Crippen molar-refractivity contribution in [3.05, 3.63) is 0 Å². The Labute approximate surface area is 109 Å². The van der Waals surface area contributed by atoms with E-state index in [-0.39, 0.29) is 17.3 Å². The lowest BCUT2D eigenvalue weighted by Gasteiger charge is -2.11. The molecule has 1 aliphatic heterocycles. The molecule has 0 radical (unpaired) electrons. The van der Waals surface area contributed by atoms with Crippen LogP contribution in [0.15, 0.2) is 5.16 Å². The van der Waals surface area contributed by atoms with Gasteiger partial charge in [0.1, 0.15) is 11.4 Å². The maximum atomic E-state index is 11.6. The summed E-state index contributed by atoms with van der Waals surface area (Å²) in [5, 5.41) is 12.4. The van der Waals surface area contributed by atoms with Crippen molar-refractivity contribution in [3.8, 4) is 0 Å². The van der Waals surface area contributed by atoms with Gasteiger partial charge in [-0.3, -0.25) is 4.79 Å². The van der Waals surface area contributed by atoms with Crippen molar-refractivity contribution < 1.29 is 9.53 Å². The van der Waals surface area contributed by atoms with E-state index in [1.807, 2.05) is 11.6 Å². The molecule has 1 aromatic rings. The molecule has 1 aliphatic carbocycles. The van der Waals surface area contributed by atoms with Crippen molar-refractivity contribution >= 4 is 17.7 Å². The molecule has 2 heterocycles. The predicted octanol–water partition coefficient (Wildman–Crippen LogP) is 1.58. The number of tetrazole rings is 1. The summed E-state index contributed by atoms with van der Waals surface area (Å²) in [6.07, 6.45) is 5.47. The average Bonchev–Trinajstić information content (AvgIpc) is 3.01. The number of aromatic nitrogens is 4. The molecule has 18 heavy (non-hydrogen) atoms. The summed E-state index contributed by atoms with van der Waals surface area (Å²) in [4.78, 5) is 11.6. The predicted molar refractivity (Wildman–Crippen MR) is 65.1 cm³/mol. The van der Waals surface area contributed by atoms with E-state index < -0.39 is 0 Å². The first-order chi connectivity index (χ1) is 8.74. The molecule has 0 aromatic carbocycles. The number of hydrogen-bond acceptors (Lipinski definition) is 6. The molecule has 3 rings (SSSR count). The van der Waals surface area contributed by atoms with E-state index in [1.54, 1.807) is 0 Å². The van der Waals surface area contributed by atoms with Crippen molar-refractivity contribution in [3.63, 3.8) is 0 Å². The van der Waals surface area contributed by atoms with Crippen LogP contribution in [0, 0.1) is 0 Å². The second kappa shape index (κ2) is 4.87. The summed E-state index contributed by atoms with van der Waals surface area (Å²) in [5.41, 5.74) is 0. The molecule has 2 fully saturated rings. The lowest BCUT2D eigenvalue weighted by molar-refractivity contribution is -0.140. The van der Waals surface area contributed by atoms with Crippen LogP contribution in [-0.2, 0) is 9.53 Å². The van der Waals surface area contributed by atoms with Crippen LogP contribution in [0.5, 0.6) is 0 Å². The summed E-state index contributed by atoms with van der Waals surface area (Å²) in [7, 11) is 0. The number of esters is 1. The van der Waals surface area contributed by atoms with Crippen molar-refractivity contribution in [1.82, 2.24) is 20.2 Å². The highest BCUT2D eigenvalue weighted by Crippen LogP contribution is 2.35. The molecule has 2 atom stereocenters. The van der Waals surface area contributed by atoms with Crippen LogP contribution in [0.2, 0.25) is 0 Å². The van der Waals surface area contributed by atoms with Gasteiger partial charge in [-0.2, -0.15) is 0 Å². The second-order valence-electron chi connectivity index (χ2n) is 4.93. The molecule has 1 saturated heterocycles. The number of rotatable bonds is 3. The minimum absolute atomic E-state index is 0.00538. The smallest absolute Gasteiger partial charge is 0.319 e. The maximum absolute atomic E-state index is 11.6. The normalized spacial score (nSPS) is 28.8. The molecule has 6 nitrogen and oxygen atoms in total. The SMILES string of the molecule is CC1CC(Sc2nnnn2C2CCCC2)C(=O)O1. The van der Waals surface area contributed by atoms with Gasteiger partial charge in [0.2, 0.25) is 5.16 Å². The summed E-state index contributed by atoms with van der Waals surface area (Å²) in [5.74, 6) is -0.145. The van der Waals surface area contributed by atoms with Gasteiger partial charge in [-0.05, 0) is 30.2 Å². The van der Waals surface area contributed by atoms with Gasteiger partial charge in [-0.1, -0.05) is 24.6 Å². The first-order valence-corrected chi connectivity index (χ1v) is 7.27. The van der Waals surface area contributed by atoms with Gasteiger partial charge in [0, 0.05) is 6.42 Å². The second-order valence-corrected chi connectivity index (χ2v) is 6.10. The summed E-state index contributed by atoms with van der Waals surface area (Å²) in [6, 6.07) is 0.400. The zero-order chi connectivity index (χ0) is 12.5. The van der Waals surface area contributed by atoms with Gasteiger partial charge in [0.25, 0.3) is 0 Å². The molecular formula is C11H16N4O2S. The lowest BCUT2D eigenvalue weighted by Crippen LogP contribution is -2.13. The molecule has 7 heteroatoms. The Morgan fingerprint density at radius 1 is 1.39 bits per heavy atom. The molecule has 1 saturated carbocycles. The van der Waals surface area contributed by atoms with E-state index in [0.29, 0.717) is 6.04 Å². The van der Waals surface area contributed by atoms with E-state index in [0.717, 1.165) is 24.4 Å². The fourth-order valence-corrected chi connectivity index (χ4v) is 3.74. The van der Waals surface area contributed by atoms with Crippen LogP contribution in [0.3, 0.4) is 0 Å². The Kier molecular flexibility index (Phi) is 3.23. The Morgan fingerprint density at radius 2 is 2.17 bits per heavy atom. The first-order valence-electron chi connectivity index (χ1n) is 6.39. The number of cyclic esters (lactones) is 1. The summed E-state index contributed by atoms with van der Waals surface area (Å²) in [6.45, 7) is 1.92. The van der Waals surface area contributed by atoms with Crippen molar-refractivity contribution in [2.45, 2.75) is 61.6 Å². The first kappa shape index (κ1) is 12.0. The third kappa shape index (κ3) is 2.23. The van der Waals surface area contributed by atoms with Crippen LogP contribution >= 0.6 is 11.8 Å². The lowest BCUT2D eigenvalue weighted by atomic mass is 10.3. The third-order valence-corrected chi connectivity index (χ3v) is 4.66. The summed E-state index contributed by atoms with van der Waals surface area (Å²) >= 11 is 1.44. The topological polar surface area (TPSA) is 69.9 Å². The van der Waals surface area contributed by atoms with E-state index >= 15 is 0 Å². The number of nitrogens with zero attached hydrogens (tertiary/aromatic N) is 4. The van der Waals surface area contributed by atoms with E-state index in [4.69, 9.17) is 4.74 Å². The molecule has 0 spiro atoms. The minimum atomic E-state index is -0.161. The fraction of sp³-hybridized carbons (Fsp3) is 0.818. The van der Waals surface area contributed by atoms with E-state index in [9.17, 15) is 4.79 Å². The molecule has 0 N–H and O–H groups in total. The highest BCUT2D eigenvalue weighted by molar-refractivity contribution is 8.00. The largest absolute Gasteiger partial charge is 0.462 e. The number of carbonyl (C=O) groups is 1. The molecule has 0 amide bonds. The van der Waals surface area contributed by atoms with Crippen LogP contribution in [-0.4, -0.2) is 37.5 Å². The van der Waals surface area contributed by atoms with Gasteiger partial charge < -0.3 is 4.74 Å². The fourth-order valence-electron chi connectivity index (χ4n) is 2.58. The van der Waals surface area contributed by atoms with Crippen molar-refractivity contribution in [2.24, 2.45) is 0 Å². The molecular weight excluding hydrogens is 252 g/mol. The highest BCUT2D eigenvalue weighted by atomic mass is 32.2. The monoisotopic (exact) mass is 268 g/mol. The number of carbonyl (C=O) groups excluding carboxylic acids is 1. The zero-order valence-corrected chi connectivity index (χ0v) is 11.1. The van der Waals surface area contributed by atoms with Gasteiger partial charge in [-0.15, -0.1) is 5.10 Å². The van der Waals surface area contributed by atoms with Gasteiger partial charge in [0.15, 0.2) is 0 Å². The number of hydrogen-bond donors (Lipinski definition) is 0. The average molecular weight is 268 g/mol. The van der Waals surface area contributed by atoms with Crippen LogP contribution in [0.4, 0.5) is 0 Å². The zero-order valence-electron chi connectivity index (χ0n) is 10.3. The Hall–Kier alpha value is -1.11. The van der Waals surface area contributed by atoms with E-state index in [2.05, 4.69) is 15.5 Å². The van der Waals surface area contributed by atoms with Crippen molar-refractivity contribution in [1.29, 1.82) is 0 Å². The number of thioether (sulfide) groups is 1. The van der Waals surface area contributed by atoms with Gasteiger partial charge >= 0.3 is 5.97 Å². The quantitative estimate of drug-likeness (QED) is 0.775. The van der Waals surface area contributed by atoms with Crippen LogP contribution in [0.25, 0.3) is 0 Å². The maximum Gasteiger partial charge on any atom is 0.319 e. The Balaban J connectivity index is 1.73. The van der Waals surface area contributed by atoms with Gasteiger partial charge in [0.05, 0.1) is 6.04 Å². The standard InChI is InChI=1S/C11H16N4O2S/c1-7-6-9(10(16)17-7)18-11-12-13-14-15(11)8-4-2-3-5-8/h7-9H,2-6H2,1H3. The van der Waals surface area contributed by atoms with Crippen LogP contribution in [0.1, 0.15) is 45.1 Å². The third-order valence-electron chi connectivity index (χ3n) is 3.51. The molecule has 98 valence electrons. The van der Waals surface area contributed by atoms with Crippen molar-refractivity contribution in [2.75, 3.05) is 0 Å². The Bertz CT molecular complexity index is 444. The van der Waals surface area contributed by atoms with Gasteiger partial charge in [-0.25, -0.2) is 4.68 Å². The molecule has 2 aliphatic rings. The molecule has 0 bridgehead atoms. The van der Waals surface area contributed by atoms with E-state index in [1.165, 1.54) is 24.6 Å². The highest BCUT2D eigenvalue weighted by Gasteiger charge is 2.34. The summed E-state index contributed by atoms with van der Waals surface area (Å²) < 4.78 is 7.03. The molecule has 2 unspecified atom stereocenters.